The summed E-state index contributed by atoms with van der Waals surface area (Å²) < 4.78 is 0. The Morgan fingerprint density at radius 3 is 1.67 bits per heavy atom. The van der Waals surface area contributed by atoms with E-state index in [4.69, 9.17) is 5.73 Å². The van der Waals surface area contributed by atoms with Gasteiger partial charge in [0.1, 0.15) is 59.6 Å². The zero-order valence-electron chi connectivity index (χ0n) is 51.8. The number of amides is 11. The number of nitrogens with zero attached hydrogens (tertiary/aromatic N) is 3. The summed E-state index contributed by atoms with van der Waals surface area (Å²) >= 11 is 0. The summed E-state index contributed by atoms with van der Waals surface area (Å²) in [5.41, 5.74) is 7.59. The Morgan fingerprint density at radius 1 is 0.589 bits per heavy atom. The molecule has 2 saturated heterocycles. The van der Waals surface area contributed by atoms with Gasteiger partial charge in [0.25, 0.3) is 0 Å². The second-order valence-electron chi connectivity index (χ2n) is 24.2. The van der Waals surface area contributed by atoms with Gasteiger partial charge in [0.05, 0.1) is 25.8 Å². The van der Waals surface area contributed by atoms with E-state index in [0.29, 0.717) is 59.1 Å². The van der Waals surface area contributed by atoms with Crippen LogP contribution in [0.25, 0.3) is 21.8 Å². The number of carbonyl (C=O) groups excluding carboxylic acids is 11. The fourth-order valence-electron chi connectivity index (χ4n) is 12.5. The minimum absolute atomic E-state index is 0.0483. The normalized spacial score (nSPS) is 17.8. The van der Waals surface area contributed by atoms with Gasteiger partial charge in [-0.1, -0.05) is 67.8 Å². The van der Waals surface area contributed by atoms with Crippen LogP contribution in [-0.4, -0.2) is 184 Å². The molecule has 30 heteroatoms. The highest BCUT2D eigenvalue weighted by Gasteiger charge is 2.45. The summed E-state index contributed by atoms with van der Waals surface area (Å²) in [7, 11) is 0. The van der Waals surface area contributed by atoms with Crippen LogP contribution in [0.3, 0.4) is 0 Å². The maximum absolute atomic E-state index is 15.4. The third kappa shape index (κ3) is 16.8. The van der Waals surface area contributed by atoms with Crippen LogP contribution in [0.5, 0.6) is 5.75 Å². The molecule has 1 saturated carbocycles. The molecule has 11 amide bonds. The van der Waals surface area contributed by atoms with Crippen molar-refractivity contribution in [3.05, 3.63) is 138 Å². The molecule has 6 heterocycles. The SMILES string of the molecule is NC(=O)CNC(=O)[C@@H]1CCCN1C(=O)[C@@H](Cc1ccc(O)cc1)NC(=O)[C@@H](Cc1c[nH]c2ccccc12)NC(=O)C1(NC(=O)[C@H](Cc2cnc[nH]2)NC(=O)[C@H](CO)NC(=O)[C@H](Cc2c[nH]c3ccccc23)NC(=O)[C@H](Cc2cnc[nH]2)NC(=O)[C@@H]2CCC(=O)N2)CCCCC1. The molecule has 95 heavy (non-hydrogen) atoms. The molecule has 17 N–H and O–H groups in total. The Balaban J connectivity index is 0.893. The molecule has 4 aromatic heterocycles. The zero-order valence-corrected chi connectivity index (χ0v) is 51.8. The third-order valence-electron chi connectivity index (χ3n) is 17.6. The van der Waals surface area contributed by atoms with Crippen LogP contribution < -0.4 is 53.6 Å². The van der Waals surface area contributed by atoms with Crippen molar-refractivity contribution >= 4 is 86.8 Å². The second-order valence-corrected chi connectivity index (χ2v) is 24.2. The van der Waals surface area contributed by atoms with Crippen LogP contribution in [0.15, 0.2) is 110 Å². The number of rotatable bonds is 29. The molecule has 0 radical (unpaired) electrons. The van der Waals surface area contributed by atoms with E-state index in [2.05, 4.69) is 77.8 Å². The average Bonchev–Trinajstić information content (AvgIpc) is 1.81. The lowest BCUT2D eigenvalue weighted by Gasteiger charge is -2.39. The second kappa shape index (κ2) is 30.7. The highest BCUT2D eigenvalue weighted by Crippen LogP contribution is 2.30. The number of aliphatic hydroxyl groups is 1. The number of carbonyl (C=O) groups is 11. The summed E-state index contributed by atoms with van der Waals surface area (Å²) in [6.07, 6.45) is 10.9. The number of aromatic amines is 4. The monoisotopic (exact) mass is 1300 g/mol. The number of primary amides is 1. The zero-order chi connectivity index (χ0) is 67.2. The number of imidazole rings is 2. The highest BCUT2D eigenvalue weighted by atomic mass is 16.3. The molecule has 7 aromatic rings. The minimum atomic E-state index is -1.76. The van der Waals surface area contributed by atoms with Crippen molar-refractivity contribution < 1.29 is 63.0 Å². The number of fused-ring (bicyclic) bond motifs is 2. The smallest absolute Gasteiger partial charge is 0.246 e. The van der Waals surface area contributed by atoms with E-state index in [1.807, 2.05) is 36.4 Å². The molecule has 8 atom stereocenters. The molecule has 3 aliphatic rings. The van der Waals surface area contributed by atoms with E-state index in [0.717, 1.165) is 16.4 Å². The minimum Gasteiger partial charge on any atom is -0.508 e. The Kier molecular flexibility index (Phi) is 21.6. The van der Waals surface area contributed by atoms with Crippen LogP contribution >= 0.6 is 0 Å². The molecule has 500 valence electrons. The van der Waals surface area contributed by atoms with Crippen LogP contribution in [0.4, 0.5) is 0 Å². The molecule has 0 unspecified atom stereocenters. The number of nitrogens with two attached hydrogens (primary N) is 1. The van der Waals surface area contributed by atoms with E-state index in [1.54, 1.807) is 36.7 Å². The van der Waals surface area contributed by atoms with Crippen molar-refractivity contribution in [2.75, 3.05) is 19.7 Å². The van der Waals surface area contributed by atoms with Crippen molar-refractivity contribution in [2.45, 2.75) is 144 Å². The average molecular weight is 1300 g/mol. The van der Waals surface area contributed by atoms with Crippen LogP contribution in [0.1, 0.15) is 85.9 Å². The predicted octanol–water partition coefficient (Wildman–Crippen LogP) is -1.09. The Hall–Kier alpha value is -10.9. The standard InChI is InChI=1S/C65H77N17O13/c66-54(85)32-71-62(93)53-13-8-22-82(53)63(94)51(23-36-14-16-41(84)17-15-36)78-58(89)48(25-38-29-70-45-12-5-3-10-43(38)45)80-64(95)65(20-6-1-7-21-65)81-61(92)50(27-40-31-68-35-73-40)77-60(91)52(33-83)79-57(88)47(24-37-28-69-44-11-4-2-9-42(37)44)75-59(90)49(26-39-30-67-34-72-39)76-56(87)46-18-19-55(86)74-46/h2-5,9-12,14-17,28-31,34-35,46-53,69-70,83-84H,1,6-8,13,18-27,32-33H2,(H2,66,85)(H,67,72)(H,68,73)(H,71,93)(H,74,86)(H,75,90)(H,76,87)(H,77,91)(H,78,89)(H,79,88)(H,80,95)(H,81,92)/t46-,47-,48+,49-,50-,51+,52-,53-/m0/s1. The van der Waals surface area contributed by atoms with Crippen molar-refractivity contribution in [3.8, 4) is 5.75 Å². The number of aromatic nitrogens is 6. The van der Waals surface area contributed by atoms with Gasteiger partial charge in [0.15, 0.2) is 0 Å². The topological polar surface area (TPSA) is 455 Å². The quantitative estimate of drug-likeness (QED) is 0.0265. The van der Waals surface area contributed by atoms with Crippen molar-refractivity contribution in [1.82, 2.24) is 82.7 Å². The number of hydrogen-bond donors (Lipinski definition) is 16. The number of H-pyrrole nitrogens is 4. The van der Waals surface area contributed by atoms with Crippen LogP contribution in [0.2, 0.25) is 0 Å². The van der Waals surface area contributed by atoms with Gasteiger partial charge in [-0.3, -0.25) is 52.7 Å². The number of nitrogens with one attached hydrogen (secondary N) is 13. The first-order chi connectivity index (χ1) is 45.8. The molecular formula is C65H77N17O13. The lowest BCUT2D eigenvalue weighted by atomic mass is 9.80. The first-order valence-electron chi connectivity index (χ1n) is 31.6. The molecule has 3 aromatic carbocycles. The number of phenols is 1. The maximum atomic E-state index is 15.4. The number of likely N-dealkylation sites (tertiary alicyclic amines) is 1. The van der Waals surface area contributed by atoms with Gasteiger partial charge in [-0.2, -0.15) is 0 Å². The molecule has 2 aliphatic heterocycles. The summed E-state index contributed by atoms with van der Waals surface area (Å²) in [6.45, 7) is -1.33. The highest BCUT2D eigenvalue weighted by molar-refractivity contribution is 6.01. The fraction of sp³-hybridized carbons (Fsp3) is 0.400. The van der Waals surface area contributed by atoms with Gasteiger partial charge < -0.3 is 88.6 Å². The number of benzene rings is 3. The van der Waals surface area contributed by atoms with Crippen LogP contribution in [0, 0.1) is 0 Å². The van der Waals surface area contributed by atoms with Crippen molar-refractivity contribution in [2.24, 2.45) is 5.73 Å². The lowest BCUT2D eigenvalue weighted by molar-refractivity contribution is -0.142. The summed E-state index contributed by atoms with van der Waals surface area (Å²) in [6, 6.07) is 9.75. The maximum Gasteiger partial charge on any atom is 0.246 e. The Morgan fingerprint density at radius 2 is 1.13 bits per heavy atom. The Bertz CT molecular complexity index is 3920. The van der Waals surface area contributed by atoms with Crippen molar-refractivity contribution in [1.29, 1.82) is 0 Å². The van der Waals surface area contributed by atoms with Crippen molar-refractivity contribution in [3.63, 3.8) is 0 Å². The van der Waals surface area contributed by atoms with E-state index >= 15 is 14.4 Å². The number of para-hydroxylation sites is 2. The number of hydrogen-bond acceptors (Lipinski definition) is 15. The summed E-state index contributed by atoms with van der Waals surface area (Å²) in [5, 5.41) is 46.9. The van der Waals surface area contributed by atoms with E-state index in [9.17, 15) is 48.6 Å². The Labute approximate surface area is 543 Å². The number of phenolic OH excluding ortho intramolecular Hbond substituents is 1. The summed E-state index contributed by atoms with van der Waals surface area (Å²) in [4.78, 5) is 176. The van der Waals surface area contributed by atoms with Crippen LogP contribution in [-0.2, 0) is 84.8 Å². The van der Waals surface area contributed by atoms with Gasteiger partial charge in [-0.05, 0) is 73.1 Å². The van der Waals surface area contributed by atoms with E-state index in [-0.39, 0.29) is 82.4 Å². The summed E-state index contributed by atoms with van der Waals surface area (Å²) in [5.74, 6) is -8.25. The molecular weight excluding hydrogens is 1230 g/mol. The third-order valence-corrected chi connectivity index (χ3v) is 17.6. The van der Waals surface area contributed by atoms with Gasteiger partial charge >= 0.3 is 0 Å². The molecule has 3 fully saturated rings. The largest absolute Gasteiger partial charge is 0.508 e. The predicted molar refractivity (Wildman–Crippen MR) is 341 cm³/mol. The van der Waals surface area contributed by atoms with Gasteiger partial charge in [-0.25, -0.2) is 9.97 Å². The number of aromatic hydroxyl groups is 1. The first kappa shape index (κ1) is 67.0. The molecule has 10 rings (SSSR count). The van der Waals surface area contributed by atoms with E-state index < -0.39 is 126 Å². The lowest BCUT2D eigenvalue weighted by Crippen LogP contribution is -2.66. The van der Waals surface area contributed by atoms with E-state index in [1.165, 1.54) is 42.1 Å². The molecule has 1 aliphatic carbocycles. The molecule has 0 spiro atoms. The number of aliphatic hydroxyl groups excluding tert-OH is 1. The fourth-order valence-corrected chi connectivity index (χ4v) is 12.5. The van der Waals surface area contributed by atoms with Gasteiger partial charge in [0.2, 0.25) is 65.0 Å². The first-order valence-corrected chi connectivity index (χ1v) is 31.6. The molecule has 30 nitrogen and oxygen atoms in total. The van der Waals surface area contributed by atoms with Gasteiger partial charge in [-0.15, -0.1) is 0 Å². The van der Waals surface area contributed by atoms with Gasteiger partial charge in [0, 0.05) is 103 Å². The molecule has 0 bridgehead atoms.